The second-order valence-electron chi connectivity index (χ2n) is 5.59. The first kappa shape index (κ1) is 12.8. The Kier molecular flexibility index (Phi) is 4.05. The Labute approximate surface area is 104 Å². The van der Waals surface area contributed by atoms with Crippen molar-refractivity contribution in [2.24, 2.45) is 0 Å². The summed E-state index contributed by atoms with van der Waals surface area (Å²) >= 11 is 0. The highest BCUT2D eigenvalue weighted by Gasteiger charge is 2.32. The normalized spacial score (nSPS) is 33.2. The topological polar surface area (TPSA) is 54.3 Å². The molecule has 0 saturated carbocycles. The molecule has 0 radical (unpaired) electrons. The van der Waals surface area contributed by atoms with Crippen LogP contribution in [0.15, 0.2) is 0 Å². The van der Waals surface area contributed by atoms with E-state index < -0.39 is 5.79 Å². The highest BCUT2D eigenvalue weighted by Crippen LogP contribution is 2.26. The summed E-state index contributed by atoms with van der Waals surface area (Å²) in [4.78, 5) is 0. The Hall–Kier alpha value is -0.610. The van der Waals surface area contributed by atoms with E-state index in [1.165, 1.54) is 12.8 Å². The zero-order valence-corrected chi connectivity index (χ0v) is 10.9. The fraction of sp³-hybridized carbons (Fsp3) is 0.923. The lowest BCUT2D eigenvalue weighted by Crippen LogP contribution is -2.33. The van der Waals surface area contributed by atoms with Crippen LogP contribution in [0.4, 0.5) is 0 Å². The number of ether oxygens (including phenoxy) is 2. The van der Waals surface area contributed by atoms with Gasteiger partial charge in [0.2, 0.25) is 0 Å². The van der Waals surface area contributed by atoms with Gasteiger partial charge in [-0.25, -0.2) is 0 Å². The summed E-state index contributed by atoms with van der Waals surface area (Å²) in [5.74, 6) is 0.297. The molecule has 0 aromatic rings. The smallest absolute Gasteiger partial charge is 0.163 e. The van der Waals surface area contributed by atoms with Gasteiger partial charge < -0.3 is 14.8 Å². The van der Waals surface area contributed by atoms with Crippen molar-refractivity contribution in [3.05, 3.63) is 0 Å². The van der Waals surface area contributed by atoms with E-state index in [0.29, 0.717) is 18.5 Å². The van der Waals surface area contributed by atoms with Gasteiger partial charge in [0, 0.05) is 12.5 Å². The molecule has 0 aromatic heterocycles. The van der Waals surface area contributed by atoms with Crippen molar-refractivity contribution in [2.75, 3.05) is 6.61 Å². The molecule has 2 rings (SSSR count). The molecule has 98 valence electrons. The Morgan fingerprint density at radius 1 is 1.35 bits per heavy atom. The average molecular weight is 240 g/mol. The van der Waals surface area contributed by atoms with Crippen LogP contribution in [-0.2, 0) is 9.47 Å². The van der Waals surface area contributed by atoms with Gasteiger partial charge in [-0.15, -0.1) is 0 Å². The molecule has 4 nitrogen and oxygen atoms in total. The molecule has 0 spiro atoms. The number of nitrogens with one attached hydrogen (secondary N) is 2. The van der Waals surface area contributed by atoms with Crippen molar-refractivity contribution < 1.29 is 9.47 Å². The molecular formula is C13H24N2O2. The van der Waals surface area contributed by atoms with Gasteiger partial charge in [-0.1, -0.05) is 6.42 Å². The van der Waals surface area contributed by atoms with E-state index in [2.05, 4.69) is 5.32 Å². The molecule has 2 atom stereocenters. The Balaban J connectivity index is 1.72. The SMILES string of the molecule is CC1(C)OCC(CCC2CCCCC(=N)N2)O1. The molecule has 17 heavy (non-hydrogen) atoms. The van der Waals surface area contributed by atoms with E-state index in [9.17, 15) is 0 Å². The molecule has 2 heterocycles. The number of hydrogen-bond acceptors (Lipinski definition) is 3. The van der Waals surface area contributed by atoms with Crippen molar-refractivity contribution in [3.63, 3.8) is 0 Å². The maximum atomic E-state index is 7.74. The summed E-state index contributed by atoms with van der Waals surface area (Å²) in [5, 5.41) is 11.1. The number of amidine groups is 1. The molecule has 0 amide bonds. The van der Waals surface area contributed by atoms with Crippen LogP contribution in [0.3, 0.4) is 0 Å². The zero-order valence-electron chi connectivity index (χ0n) is 10.9. The first-order chi connectivity index (χ1) is 8.05. The summed E-state index contributed by atoms with van der Waals surface area (Å²) in [7, 11) is 0. The molecular weight excluding hydrogens is 216 g/mol. The summed E-state index contributed by atoms with van der Waals surface area (Å²) in [5.41, 5.74) is 0. The zero-order chi connectivity index (χ0) is 12.3. The van der Waals surface area contributed by atoms with E-state index in [-0.39, 0.29) is 6.10 Å². The minimum absolute atomic E-state index is 0.226. The van der Waals surface area contributed by atoms with Gasteiger partial charge in [-0.05, 0) is 39.5 Å². The Morgan fingerprint density at radius 3 is 2.88 bits per heavy atom. The van der Waals surface area contributed by atoms with Crippen molar-refractivity contribution in [2.45, 2.75) is 70.3 Å². The summed E-state index contributed by atoms with van der Waals surface area (Å²) in [6, 6.07) is 0.456. The van der Waals surface area contributed by atoms with Crippen LogP contribution in [0.1, 0.15) is 52.4 Å². The predicted molar refractivity (Wildman–Crippen MR) is 67.3 cm³/mol. The average Bonchev–Trinajstić information content (AvgIpc) is 2.46. The third-order valence-corrected chi connectivity index (χ3v) is 3.51. The Bertz CT molecular complexity index is 279. The summed E-state index contributed by atoms with van der Waals surface area (Å²) in [6.07, 6.45) is 6.79. The van der Waals surface area contributed by atoms with E-state index in [0.717, 1.165) is 25.7 Å². The fourth-order valence-electron chi connectivity index (χ4n) is 2.59. The number of rotatable bonds is 3. The Morgan fingerprint density at radius 2 is 2.18 bits per heavy atom. The standard InChI is InChI=1S/C13H24N2O2/c1-13(2)16-9-11(17-13)8-7-10-5-3-4-6-12(14)15-10/h10-11H,3-9H2,1-2H3,(H2,14,15). The lowest BCUT2D eigenvalue weighted by Gasteiger charge is -2.20. The van der Waals surface area contributed by atoms with Crippen LogP contribution in [0, 0.1) is 5.41 Å². The molecule has 0 bridgehead atoms. The van der Waals surface area contributed by atoms with E-state index in [1.807, 2.05) is 13.8 Å². The molecule has 2 N–H and O–H groups in total. The molecule has 2 unspecified atom stereocenters. The maximum absolute atomic E-state index is 7.74. The van der Waals surface area contributed by atoms with Crippen LogP contribution in [0.5, 0.6) is 0 Å². The molecule has 2 aliphatic heterocycles. The van der Waals surface area contributed by atoms with Crippen molar-refractivity contribution in [3.8, 4) is 0 Å². The highest BCUT2D eigenvalue weighted by molar-refractivity contribution is 5.79. The third kappa shape index (κ3) is 3.96. The largest absolute Gasteiger partial charge is 0.371 e. The molecule has 2 fully saturated rings. The minimum atomic E-state index is -0.408. The van der Waals surface area contributed by atoms with E-state index >= 15 is 0 Å². The van der Waals surface area contributed by atoms with Crippen LogP contribution in [-0.4, -0.2) is 30.4 Å². The van der Waals surface area contributed by atoms with Crippen molar-refractivity contribution >= 4 is 5.84 Å². The van der Waals surface area contributed by atoms with Crippen LogP contribution in [0.25, 0.3) is 0 Å². The van der Waals surface area contributed by atoms with Gasteiger partial charge in [0.05, 0.1) is 18.5 Å². The van der Waals surface area contributed by atoms with E-state index in [4.69, 9.17) is 14.9 Å². The third-order valence-electron chi connectivity index (χ3n) is 3.51. The second kappa shape index (κ2) is 5.36. The molecule has 0 aromatic carbocycles. The predicted octanol–water partition coefficient (Wildman–Crippen LogP) is 2.43. The molecule has 2 aliphatic rings. The van der Waals surface area contributed by atoms with Gasteiger partial charge in [0.1, 0.15) is 0 Å². The quantitative estimate of drug-likeness (QED) is 0.796. The van der Waals surface area contributed by atoms with Gasteiger partial charge in [0.25, 0.3) is 0 Å². The minimum Gasteiger partial charge on any atom is -0.371 e. The second-order valence-corrected chi connectivity index (χ2v) is 5.59. The van der Waals surface area contributed by atoms with Crippen LogP contribution in [0.2, 0.25) is 0 Å². The van der Waals surface area contributed by atoms with Crippen molar-refractivity contribution in [1.29, 1.82) is 5.41 Å². The lowest BCUT2D eigenvalue weighted by molar-refractivity contribution is -0.139. The maximum Gasteiger partial charge on any atom is 0.163 e. The van der Waals surface area contributed by atoms with Gasteiger partial charge in [0.15, 0.2) is 5.79 Å². The fourth-order valence-corrected chi connectivity index (χ4v) is 2.59. The van der Waals surface area contributed by atoms with Crippen molar-refractivity contribution in [1.82, 2.24) is 5.32 Å². The number of hydrogen-bond donors (Lipinski definition) is 2. The van der Waals surface area contributed by atoms with E-state index in [1.54, 1.807) is 0 Å². The summed E-state index contributed by atoms with van der Waals surface area (Å²) in [6.45, 7) is 4.64. The first-order valence-electron chi connectivity index (χ1n) is 6.71. The lowest BCUT2D eigenvalue weighted by atomic mass is 10.0. The molecule has 4 heteroatoms. The van der Waals surface area contributed by atoms with Gasteiger partial charge in [-0.3, -0.25) is 5.41 Å². The molecule has 0 aliphatic carbocycles. The first-order valence-corrected chi connectivity index (χ1v) is 6.71. The van der Waals surface area contributed by atoms with Gasteiger partial charge in [-0.2, -0.15) is 0 Å². The summed E-state index contributed by atoms with van der Waals surface area (Å²) < 4.78 is 11.3. The van der Waals surface area contributed by atoms with Crippen LogP contribution < -0.4 is 5.32 Å². The monoisotopic (exact) mass is 240 g/mol. The molecule has 2 saturated heterocycles. The van der Waals surface area contributed by atoms with Crippen LogP contribution >= 0.6 is 0 Å². The highest BCUT2D eigenvalue weighted by atomic mass is 16.7. The van der Waals surface area contributed by atoms with Gasteiger partial charge >= 0.3 is 0 Å².